The molecule has 2 N–H and O–H groups in total. The topological polar surface area (TPSA) is 94.5 Å². The summed E-state index contributed by atoms with van der Waals surface area (Å²) in [4.78, 5) is 13.8. The van der Waals surface area contributed by atoms with Crippen LogP contribution in [0.5, 0.6) is 0 Å². The molecule has 2 saturated heterocycles. The minimum atomic E-state index is -1.42. The Labute approximate surface area is 219 Å². The molecule has 1 aromatic carbocycles. The lowest BCUT2D eigenvalue weighted by Gasteiger charge is -2.62. The van der Waals surface area contributed by atoms with Crippen molar-refractivity contribution in [1.82, 2.24) is 0 Å². The van der Waals surface area contributed by atoms with Crippen molar-refractivity contribution < 1.29 is 34.0 Å². The molecule has 2 bridgehead atoms. The number of Topliss-reactive ketones (excluding diaryl/α,β-unsaturated/α-hetero) is 1. The van der Waals surface area contributed by atoms with Crippen molar-refractivity contribution in [2.45, 2.75) is 109 Å². The van der Waals surface area contributed by atoms with Gasteiger partial charge in [0.25, 0.3) is 0 Å². The Hall–Kier alpha value is -1.61. The van der Waals surface area contributed by atoms with Crippen LogP contribution < -0.4 is 0 Å². The van der Waals surface area contributed by atoms with Gasteiger partial charge in [-0.3, -0.25) is 4.79 Å². The van der Waals surface area contributed by atoms with Crippen LogP contribution >= 0.6 is 0 Å². The Bertz CT molecular complexity index is 1140. The predicted octanol–water partition coefficient (Wildman–Crippen LogP) is 4.22. The predicted molar refractivity (Wildman–Crippen MR) is 135 cm³/mol. The third-order valence-electron chi connectivity index (χ3n) is 10.3. The van der Waals surface area contributed by atoms with Gasteiger partial charge in [0.15, 0.2) is 17.9 Å². The van der Waals surface area contributed by atoms with E-state index in [0.29, 0.717) is 12.0 Å². The number of aliphatic hydroxyl groups excluding tert-OH is 1. The van der Waals surface area contributed by atoms with E-state index in [9.17, 15) is 15.0 Å². The average Bonchev–Trinajstić information content (AvgIpc) is 3.36. The van der Waals surface area contributed by atoms with Gasteiger partial charge < -0.3 is 29.2 Å². The number of ketones is 1. The summed E-state index contributed by atoms with van der Waals surface area (Å²) in [5, 5.41) is 22.8. The highest BCUT2D eigenvalue weighted by Crippen LogP contribution is 2.68. The summed E-state index contributed by atoms with van der Waals surface area (Å²) in [6.07, 6.45) is -0.197. The van der Waals surface area contributed by atoms with Crippen LogP contribution in [0.15, 0.2) is 41.5 Å². The fourth-order valence-electron chi connectivity index (χ4n) is 8.56. The van der Waals surface area contributed by atoms with E-state index >= 15 is 0 Å². The van der Waals surface area contributed by atoms with Crippen molar-refractivity contribution in [3.05, 3.63) is 47.0 Å². The van der Waals surface area contributed by atoms with E-state index in [1.807, 2.05) is 51.1 Å². The molecule has 5 aliphatic rings. The number of carbonyl (C=O) groups is 1. The molecule has 202 valence electrons. The van der Waals surface area contributed by atoms with Crippen LogP contribution in [-0.2, 0) is 23.7 Å². The summed E-state index contributed by atoms with van der Waals surface area (Å²) in [5.74, 6) is -1.43. The maximum Gasteiger partial charge on any atom is 0.185 e. The summed E-state index contributed by atoms with van der Waals surface area (Å²) < 4.78 is 27.1. The van der Waals surface area contributed by atoms with Gasteiger partial charge in [0.2, 0.25) is 0 Å². The highest BCUT2D eigenvalue weighted by atomic mass is 16.8. The van der Waals surface area contributed by atoms with Crippen LogP contribution in [0.1, 0.15) is 79.1 Å². The SMILES string of the molecule is CC1=C2[C@H]3OC(C)(C)O[C@@H]3[C@]3(C)CCC[C@@](O)(CO)[C@H]3[C@@H]3O[C@H](c4ccccc4)O[C@@]3(CC1=O)C2(C)C. The largest absolute Gasteiger partial charge is 0.393 e. The van der Waals surface area contributed by atoms with E-state index in [0.717, 1.165) is 24.0 Å². The third kappa shape index (κ3) is 3.31. The number of aliphatic hydroxyl groups is 2. The van der Waals surface area contributed by atoms with Crippen LogP contribution in [0.3, 0.4) is 0 Å². The monoisotopic (exact) mass is 512 g/mol. The molecule has 2 saturated carbocycles. The van der Waals surface area contributed by atoms with Crippen molar-refractivity contribution in [1.29, 1.82) is 0 Å². The first-order valence-corrected chi connectivity index (χ1v) is 13.6. The molecule has 0 unspecified atom stereocenters. The van der Waals surface area contributed by atoms with Crippen LogP contribution in [0.4, 0.5) is 0 Å². The lowest BCUT2D eigenvalue weighted by atomic mass is 9.46. The van der Waals surface area contributed by atoms with Gasteiger partial charge in [-0.1, -0.05) is 51.1 Å². The number of allylic oxidation sites excluding steroid dienone is 1. The molecule has 1 spiro atoms. The maximum absolute atomic E-state index is 13.8. The van der Waals surface area contributed by atoms with E-state index in [1.54, 1.807) is 0 Å². The van der Waals surface area contributed by atoms with Crippen molar-refractivity contribution >= 4 is 5.78 Å². The second-order valence-corrected chi connectivity index (χ2v) is 13.1. The molecule has 4 fully saturated rings. The summed E-state index contributed by atoms with van der Waals surface area (Å²) in [7, 11) is 0. The Morgan fingerprint density at radius 1 is 0.973 bits per heavy atom. The molecule has 2 heterocycles. The lowest BCUT2D eigenvalue weighted by Crippen LogP contribution is -2.71. The Kier molecular flexibility index (Phi) is 5.52. The van der Waals surface area contributed by atoms with Gasteiger partial charge in [0, 0.05) is 28.7 Å². The maximum atomic E-state index is 13.8. The summed E-state index contributed by atoms with van der Waals surface area (Å²) in [6.45, 7) is 11.6. The molecule has 7 heteroatoms. The number of rotatable bonds is 2. The number of fused-ring (bicyclic) bond motifs is 6. The van der Waals surface area contributed by atoms with Gasteiger partial charge in [-0.2, -0.15) is 0 Å². The fraction of sp³-hybridized carbons (Fsp3) is 0.700. The van der Waals surface area contributed by atoms with Gasteiger partial charge in [-0.15, -0.1) is 0 Å². The van der Waals surface area contributed by atoms with Gasteiger partial charge in [-0.25, -0.2) is 0 Å². The zero-order valence-corrected chi connectivity index (χ0v) is 22.7. The van der Waals surface area contributed by atoms with Crippen molar-refractivity contribution in [3.8, 4) is 0 Å². The fourth-order valence-corrected chi connectivity index (χ4v) is 8.56. The highest BCUT2D eigenvalue weighted by Gasteiger charge is 2.75. The summed E-state index contributed by atoms with van der Waals surface area (Å²) >= 11 is 0. The number of hydrogen-bond acceptors (Lipinski definition) is 7. The van der Waals surface area contributed by atoms with Gasteiger partial charge in [0.1, 0.15) is 11.7 Å². The van der Waals surface area contributed by atoms with E-state index in [1.165, 1.54) is 0 Å². The zero-order valence-electron chi connectivity index (χ0n) is 22.7. The van der Waals surface area contributed by atoms with E-state index in [-0.39, 0.29) is 12.2 Å². The molecular weight excluding hydrogens is 472 g/mol. The minimum absolute atomic E-state index is 0.00403. The third-order valence-corrected chi connectivity index (χ3v) is 10.3. The normalized spacial score (nSPS) is 46.1. The van der Waals surface area contributed by atoms with Gasteiger partial charge in [0.05, 0.1) is 24.4 Å². The average molecular weight is 513 g/mol. The van der Waals surface area contributed by atoms with Crippen molar-refractivity contribution in [2.24, 2.45) is 16.7 Å². The standard InChI is InChI=1S/C30H40O7/c1-17-19(32)15-30-24(34-25(37-30)18-11-8-7-9-12-18)22-28(6,13-10-14-29(22,33)16-31)23-21(20(17)26(30,2)3)35-27(4,5)36-23/h7-9,11-12,21-25,31,33H,10,13-16H2,1-6H3/t21-,22+,23+,24+,25+,28-,29-,30-/m1/s1. The Morgan fingerprint density at radius 2 is 1.68 bits per heavy atom. The summed E-state index contributed by atoms with van der Waals surface area (Å²) in [5.41, 5.74) is -1.31. The van der Waals surface area contributed by atoms with Crippen LogP contribution in [0.25, 0.3) is 0 Å². The second-order valence-electron chi connectivity index (χ2n) is 13.1. The van der Waals surface area contributed by atoms with Crippen molar-refractivity contribution in [3.63, 3.8) is 0 Å². The second kappa shape index (κ2) is 7.96. The van der Waals surface area contributed by atoms with E-state index in [2.05, 4.69) is 20.8 Å². The molecule has 0 aromatic heterocycles. The number of benzene rings is 1. The molecule has 37 heavy (non-hydrogen) atoms. The molecule has 6 rings (SSSR count). The number of carbonyl (C=O) groups excluding carboxylic acids is 1. The van der Waals surface area contributed by atoms with E-state index in [4.69, 9.17) is 18.9 Å². The van der Waals surface area contributed by atoms with Crippen LogP contribution in [-0.4, -0.2) is 57.9 Å². The van der Waals surface area contributed by atoms with Crippen molar-refractivity contribution in [2.75, 3.05) is 6.61 Å². The van der Waals surface area contributed by atoms with Gasteiger partial charge >= 0.3 is 0 Å². The lowest BCUT2D eigenvalue weighted by molar-refractivity contribution is -0.235. The Balaban J connectivity index is 1.64. The summed E-state index contributed by atoms with van der Waals surface area (Å²) in [6, 6.07) is 9.74. The molecule has 0 amide bonds. The zero-order chi connectivity index (χ0) is 26.6. The first kappa shape index (κ1) is 25.7. The smallest absolute Gasteiger partial charge is 0.185 e. The van der Waals surface area contributed by atoms with Gasteiger partial charge in [-0.05, 0) is 51.2 Å². The number of ether oxygens (including phenoxy) is 4. The van der Waals surface area contributed by atoms with E-state index < -0.39 is 64.9 Å². The molecule has 8 atom stereocenters. The first-order chi connectivity index (χ1) is 17.3. The molecule has 2 aliphatic heterocycles. The molecule has 3 aliphatic carbocycles. The molecule has 0 radical (unpaired) electrons. The minimum Gasteiger partial charge on any atom is -0.393 e. The molecule has 7 nitrogen and oxygen atoms in total. The van der Waals surface area contributed by atoms with Crippen LogP contribution in [0.2, 0.25) is 0 Å². The molecule has 1 aromatic rings. The quantitative estimate of drug-likeness (QED) is 0.613. The van der Waals surface area contributed by atoms with Crippen LogP contribution in [0, 0.1) is 16.7 Å². The first-order valence-electron chi connectivity index (χ1n) is 13.6. The number of hydrogen-bond donors (Lipinski definition) is 2. The Morgan fingerprint density at radius 3 is 2.35 bits per heavy atom. The highest BCUT2D eigenvalue weighted by molar-refractivity contribution is 5.98. The molecular formula is C30H40O7.